The Kier molecular flexibility index (Phi) is 1320. The Labute approximate surface area is 75.0 Å². The molecular formula is H11NO9Pt. The summed E-state index contributed by atoms with van der Waals surface area (Å²) in [4.78, 5) is 8.25. The number of rotatable bonds is 0. The zero-order chi connectivity index (χ0) is 3.58. The maximum atomic E-state index is 8.25. The minimum absolute atomic E-state index is 0. The van der Waals surface area contributed by atoms with Crippen LogP contribution in [0.25, 0.3) is 0 Å². The molecule has 0 saturated heterocycles. The van der Waals surface area contributed by atoms with Gasteiger partial charge in [-0.15, -0.1) is 0 Å². The third-order valence-corrected chi connectivity index (χ3v) is 0. The second-order valence-corrected chi connectivity index (χ2v) is 0.224. The number of nitrogens with zero attached hydrogens (tertiary/aromatic N) is 1. The molecule has 0 aromatic heterocycles. The van der Waals surface area contributed by atoms with Gasteiger partial charge in [0.2, 0.25) is 0 Å². The molecule has 0 rings (SSSR count). The molecule has 11 N–H and O–H groups in total. The van der Waals surface area contributed by atoms with Crippen molar-refractivity contribution in [2.24, 2.45) is 0 Å². The summed E-state index contributed by atoms with van der Waals surface area (Å²) in [6.45, 7) is 0. The first-order valence-electron chi connectivity index (χ1n) is 0.548. The van der Waals surface area contributed by atoms with Crippen molar-refractivity contribution in [3.63, 3.8) is 0 Å². The molecule has 0 unspecified atom stereocenters. The van der Waals surface area contributed by atoms with Gasteiger partial charge in [0.25, 0.3) is 0 Å². The normalized spacial score (nSPS) is 2.18. The second kappa shape index (κ2) is 103. The van der Waals surface area contributed by atoms with Crippen molar-refractivity contribution in [3.8, 4) is 0 Å². The van der Waals surface area contributed by atoms with E-state index < -0.39 is 5.09 Å². The quantitative estimate of drug-likeness (QED) is 0.304. The van der Waals surface area contributed by atoms with Gasteiger partial charge in [0.05, 0.1) is 5.09 Å². The van der Waals surface area contributed by atoms with Crippen molar-refractivity contribution in [3.05, 3.63) is 15.3 Å². The van der Waals surface area contributed by atoms with Crippen LogP contribution in [0.15, 0.2) is 0 Å². The third kappa shape index (κ3) is 4560. The predicted molar refractivity (Wildman–Crippen MR) is 30.4 cm³/mol. The fourth-order valence-electron chi connectivity index (χ4n) is 0. The first kappa shape index (κ1) is 141. The molecule has 0 aromatic rings. The Bertz CT molecular complexity index is 32.5. The minimum atomic E-state index is -1.75. The van der Waals surface area contributed by atoms with Crippen LogP contribution in [0.5, 0.6) is 0 Å². The summed E-state index contributed by atoms with van der Waals surface area (Å²) in [6.07, 6.45) is 0. The second-order valence-electron chi connectivity index (χ2n) is 0.224. The molecular weight excluding hydrogens is 353 g/mol. The summed E-state index contributed by atoms with van der Waals surface area (Å²) in [5, 5.41) is 14.8. The van der Waals surface area contributed by atoms with Crippen LogP contribution in [0.4, 0.5) is 0 Å². The van der Waals surface area contributed by atoms with Crippen molar-refractivity contribution in [1.82, 2.24) is 0 Å². The van der Waals surface area contributed by atoms with E-state index in [2.05, 4.69) is 0 Å². The van der Waals surface area contributed by atoms with Gasteiger partial charge >= 0.3 is 21.1 Å². The standard InChI is InChI=1S/NO3.6H2O.Pt/c2-1(3)4;;;;;;;/h;6*1H2;/q-1;;;;;;;+2/p-1. The Hall–Kier alpha value is -0.352. The molecule has 80 valence electrons. The van der Waals surface area contributed by atoms with E-state index in [9.17, 15) is 0 Å². The Balaban J connectivity index is -0.00000000214. The van der Waals surface area contributed by atoms with Crippen molar-refractivity contribution < 1.29 is 59.0 Å². The zero-order valence-corrected chi connectivity index (χ0v) is 7.21. The molecule has 0 heterocycles. The molecule has 0 spiro atoms. The van der Waals surface area contributed by atoms with Crippen molar-refractivity contribution >= 4 is 0 Å². The average Bonchev–Trinajstić information content (AvgIpc) is 0.811. The summed E-state index contributed by atoms with van der Waals surface area (Å²) in [6, 6.07) is 0. The first-order chi connectivity index (χ1) is 1.73. The molecule has 0 aromatic carbocycles. The number of hydrogen-bond donors (Lipinski definition) is 0. The van der Waals surface area contributed by atoms with Gasteiger partial charge in [-0.05, 0) is 0 Å². The molecule has 0 aliphatic rings. The van der Waals surface area contributed by atoms with Gasteiger partial charge < -0.3 is 48.2 Å². The van der Waals surface area contributed by atoms with Crippen LogP contribution in [0.3, 0.4) is 0 Å². The topological polar surface area (TPSA) is 254 Å². The predicted octanol–water partition coefficient (Wildman–Crippen LogP) is -4.54. The van der Waals surface area contributed by atoms with Crippen LogP contribution in [0, 0.1) is 15.3 Å². The van der Waals surface area contributed by atoms with E-state index in [0.717, 1.165) is 0 Å². The monoisotopic (exact) mass is 364 g/mol. The van der Waals surface area contributed by atoms with Crippen LogP contribution in [0.1, 0.15) is 0 Å². The largest absolute Gasteiger partial charge is 2.00 e. The van der Waals surface area contributed by atoms with Gasteiger partial charge in [0.1, 0.15) is 0 Å². The maximum Gasteiger partial charge on any atom is 2.00 e. The molecule has 10 nitrogen and oxygen atoms in total. The molecule has 0 radical (unpaired) electrons. The summed E-state index contributed by atoms with van der Waals surface area (Å²) in [7, 11) is 0. The van der Waals surface area contributed by atoms with E-state index in [1.807, 2.05) is 0 Å². The van der Waals surface area contributed by atoms with Gasteiger partial charge in [-0.25, -0.2) is 0 Å². The van der Waals surface area contributed by atoms with Gasteiger partial charge in [0, 0.05) is 0 Å². The Morgan fingerprint density at radius 2 is 0.818 bits per heavy atom. The Morgan fingerprint density at radius 1 is 0.818 bits per heavy atom. The molecule has 0 atom stereocenters. The van der Waals surface area contributed by atoms with E-state index in [-0.39, 0.29) is 53.9 Å². The fourth-order valence-corrected chi connectivity index (χ4v) is 0. The minimum Gasteiger partial charge on any atom is -0.870 e. The maximum absolute atomic E-state index is 8.25. The van der Waals surface area contributed by atoms with Crippen molar-refractivity contribution in [2.45, 2.75) is 0 Å². The van der Waals surface area contributed by atoms with Crippen LogP contribution in [-0.2, 0) is 21.1 Å². The molecule has 0 amide bonds. The van der Waals surface area contributed by atoms with E-state index in [1.165, 1.54) is 0 Å². The van der Waals surface area contributed by atoms with Gasteiger partial charge in [-0.3, -0.25) is 0 Å². The summed E-state index contributed by atoms with van der Waals surface area (Å²) < 4.78 is 0. The van der Waals surface area contributed by atoms with Crippen LogP contribution in [0.2, 0.25) is 0 Å². The van der Waals surface area contributed by atoms with E-state index in [1.54, 1.807) is 0 Å². The molecule has 0 aliphatic carbocycles. The third-order valence-electron chi connectivity index (χ3n) is 0. The molecule has 0 bridgehead atoms. The Morgan fingerprint density at radius 3 is 0.818 bits per heavy atom. The average molecular weight is 364 g/mol. The van der Waals surface area contributed by atoms with Gasteiger partial charge in [0.15, 0.2) is 0 Å². The summed E-state index contributed by atoms with van der Waals surface area (Å²) in [5.74, 6) is 0. The van der Waals surface area contributed by atoms with E-state index in [4.69, 9.17) is 15.3 Å². The van der Waals surface area contributed by atoms with E-state index >= 15 is 0 Å². The SMILES string of the molecule is O.O.O.O.O.O=[N+]([O-])[O-].[OH-].[Pt+2]. The smallest absolute Gasteiger partial charge is 0.870 e. The van der Waals surface area contributed by atoms with E-state index in [0.29, 0.717) is 0 Å². The molecule has 0 saturated carbocycles. The summed E-state index contributed by atoms with van der Waals surface area (Å²) >= 11 is 0. The van der Waals surface area contributed by atoms with Crippen LogP contribution >= 0.6 is 0 Å². The summed E-state index contributed by atoms with van der Waals surface area (Å²) in [5.41, 5.74) is 0. The van der Waals surface area contributed by atoms with Crippen LogP contribution in [-0.4, -0.2) is 37.9 Å². The van der Waals surface area contributed by atoms with Crippen LogP contribution < -0.4 is 0 Å². The van der Waals surface area contributed by atoms with Crippen molar-refractivity contribution in [1.29, 1.82) is 0 Å². The molecule has 0 aliphatic heterocycles. The molecule has 0 fully saturated rings. The number of hydrogen-bond acceptors (Lipinski definition) is 4. The van der Waals surface area contributed by atoms with Crippen molar-refractivity contribution in [2.75, 3.05) is 0 Å². The zero-order valence-electron chi connectivity index (χ0n) is 4.94. The molecule has 11 heavy (non-hydrogen) atoms. The first-order valence-corrected chi connectivity index (χ1v) is 0.548. The van der Waals surface area contributed by atoms with Gasteiger partial charge in [-0.2, -0.15) is 0 Å². The van der Waals surface area contributed by atoms with Gasteiger partial charge in [-0.1, -0.05) is 0 Å². The molecule has 11 heteroatoms. The fraction of sp³-hybridized carbons (Fsp3) is 0.